The molecule has 2 aliphatic rings. The van der Waals surface area contributed by atoms with E-state index in [4.69, 9.17) is 9.47 Å². The Morgan fingerprint density at radius 1 is 1.39 bits per heavy atom. The molecule has 0 radical (unpaired) electrons. The van der Waals surface area contributed by atoms with Gasteiger partial charge in [-0.15, -0.1) is 0 Å². The van der Waals surface area contributed by atoms with Gasteiger partial charge >= 0.3 is 5.97 Å². The maximum absolute atomic E-state index is 12.2. The number of anilines is 2. The van der Waals surface area contributed by atoms with Crippen molar-refractivity contribution in [2.75, 3.05) is 43.1 Å². The van der Waals surface area contributed by atoms with Gasteiger partial charge in [-0.25, -0.2) is 9.78 Å². The first-order valence-corrected chi connectivity index (χ1v) is 8.41. The second-order valence-electron chi connectivity index (χ2n) is 5.88. The highest BCUT2D eigenvalue weighted by Crippen LogP contribution is 2.25. The summed E-state index contributed by atoms with van der Waals surface area (Å²) in [4.78, 5) is 23.2. The topological polar surface area (TPSA) is 76.6 Å². The molecule has 126 valence electrons. The van der Waals surface area contributed by atoms with Crippen LogP contribution in [0.2, 0.25) is 0 Å². The van der Waals surface area contributed by atoms with E-state index in [1.165, 1.54) is 12.8 Å². The molecule has 1 aliphatic heterocycles. The molecule has 1 saturated carbocycles. The fourth-order valence-corrected chi connectivity index (χ4v) is 3.02. The van der Waals surface area contributed by atoms with Gasteiger partial charge < -0.3 is 19.7 Å². The minimum absolute atomic E-state index is 0.340. The van der Waals surface area contributed by atoms with Gasteiger partial charge in [-0.05, 0) is 19.8 Å². The van der Waals surface area contributed by atoms with E-state index >= 15 is 0 Å². The van der Waals surface area contributed by atoms with Gasteiger partial charge in [0.2, 0.25) is 5.95 Å². The lowest BCUT2D eigenvalue weighted by atomic mass is 10.2. The van der Waals surface area contributed by atoms with Gasteiger partial charge in [0.05, 0.1) is 19.8 Å². The molecule has 0 amide bonds. The van der Waals surface area contributed by atoms with Crippen molar-refractivity contribution in [1.29, 1.82) is 0 Å². The maximum atomic E-state index is 12.2. The van der Waals surface area contributed by atoms with Gasteiger partial charge in [-0.3, -0.25) is 0 Å². The number of carbonyl (C=O) groups is 1. The molecule has 2 fully saturated rings. The highest BCUT2D eigenvalue weighted by Gasteiger charge is 2.23. The third-order valence-electron chi connectivity index (χ3n) is 4.26. The first-order chi connectivity index (χ1) is 11.3. The number of aromatic nitrogens is 2. The number of carbonyl (C=O) groups excluding carboxylic acids is 1. The molecule has 23 heavy (non-hydrogen) atoms. The number of rotatable bonds is 5. The smallest absolute Gasteiger partial charge is 0.343 e. The minimum Gasteiger partial charge on any atom is -0.462 e. The summed E-state index contributed by atoms with van der Waals surface area (Å²) in [5.74, 6) is 0.857. The van der Waals surface area contributed by atoms with Gasteiger partial charge in [0.1, 0.15) is 11.4 Å². The molecule has 3 rings (SSSR count). The maximum Gasteiger partial charge on any atom is 0.343 e. The number of morpholine rings is 1. The van der Waals surface area contributed by atoms with Gasteiger partial charge in [0.15, 0.2) is 0 Å². The lowest BCUT2D eigenvalue weighted by Gasteiger charge is -2.27. The van der Waals surface area contributed by atoms with E-state index in [1.807, 2.05) is 0 Å². The summed E-state index contributed by atoms with van der Waals surface area (Å²) in [6.07, 6.45) is 6.23. The summed E-state index contributed by atoms with van der Waals surface area (Å²) in [7, 11) is 0. The van der Waals surface area contributed by atoms with Crippen LogP contribution in [0.3, 0.4) is 0 Å². The van der Waals surface area contributed by atoms with Crippen molar-refractivity contribution in [3.8, 4) is 0 Å². The van der Waals surface area contributed by atoms with Crippen LogP contribution in [0.15, 0.2) is 6.20 Å². The van der Waals surface area contributed by atoms with E-state index in [0.29, 0.717) is 43.2 Å². The van der Waals surface area contributed by atoms with Crippen molar-refractivity contribution in [2.45, 2.75) is 38.6 Å². The molecule has 0 bridgehead atoms. The van der Waals surface area contributed by atoms with Gasteiger partial charge in [0.25, 0.3) is 0 Å². The molecule has 1 aliphatic carbocycles. The average molecular weight is 320 g/mol. The standard InChI is InChI=1S/C16H24N4O3/c1-2-23-15(21)13-11-17-16(20-7-9-22-10-8-20)19-14(13)18-12-5-3-4-6-12/h11-12H,2-10H2,1H3,(H,17,18,19). The summed E-state index contributed by atoms with van der Waals surface area (Å²) in [5.41, 5.74) is 0.413. The Hall–Kier alpha value is -1.89. The lowest BCUT2D eigenvalue weighted by Crippen LogP contribution is -2.37. The lowest BCUT2D eigenvalue weighted by molar-refractivity contribution is 0.0526. The molecular formula is C16H24N4O3. The average Bonchev–Trinajstić information content (AvgIpc) is 3.09. The van der Waals surface area contributed by atoms with Crippen molar-refractivity contribution in [3.63, 3.8) is 0 Å². The molecule has 2 heterocycles. The van der Waals surface area contributed by atoms with E-state index in [0.717, 1.165) is 25.9 Å². The summed E-state index contributed by atoms with van der Waals surface area (Å²) in [5, 5.41) is 3.42. The molecule has 0 atom stereocenters. The molecule has 0 spiro atoms. The highest BCUT2D eigenvalue weighted by atomic mass is 16.5. The van der Waals surface area contributed by atoms with Crippen LogP contribution >= 0.6 is 0 Å². The Kier molecular flexibility index (Phi) is 5.27. The number of nitrogens with zero attached hydrogens (tertiary/aromatic N) is 3. The molecule has 1 aromatic rings. The third kappa shape index (κ3) is 3.90. The fraction of sp³-hybridized carbons (Fsp3) is 0.688. The van der Waals surface area contributed by atoms with Crippen molar-refractivity contribution < 1.29 is 14.3 Å². The molecule has 0 unspecified atom stereocenters. The van der Waals surface area contributed by atoms with E-state index in [9.17, 15) is 4.79 Å². The van der Waals surface area contributed by atoms with Crippen LogP contribution in [-0.2, 0) is 9.47 Å². The van der Waals surface area contributed by atoms with Gasteiger partial charge in [0, 0.05) is 25.3 Å². The second-order valence-corrected chi connectivity index (χ2v) is 5.88. The van der Waals surface area contributed by atoms with Crippen LogP contribution in [0, 0.1) is 0 Å². The zero-order chi connectivity index (χ0) is 16.1. The van der Waals surface area contributed by atoms with Gasteiger partial charge in [-0.2, -0.15) is 4.98 Å². The fourth-order valence-electron chi connectivity index (χ4n) is 3.02. The molecular weight excluding hydrogens is 296 g/mol. The summed E-state index contributed by atoms with van der Waals surface area (Å²) < 4.78 is 10.5. The Bertz CT molecular complexity index is 540. The molecule has 7 heteroatoms. The summed E-state index contributed by atoms with van der Waals surface area (Å²) in [6.45, 7) is 5.02. The Balaban J connectivity index is 1.84. The zero-order valence-electron chi connectivity index (χ0n) is 13.6. The van der Waals surface area contributed by atoms with Gasteiger partial charge in [-0.1, -0.05) is 12.8 Å². The number of nitrogens with one attached hydrogen (secondary N) is 1. The predicted octanol–water partition coefficient (Wildman–Crippen LogP) is 1.84. The number of esters is 1. The first kappa shape index (κ1) is 16.0. The van der Waals surface area contributed by atoms with Crippen LogP contribution in [-0.4, -0.2) is 54.9 Å². The van der Waals surface area contributed by atoms with Crippen LogP contribution in [0.25, 0.3) is 0 Å². The van der Waals surface area contributed by atoms with E-state index in [-0.39, 0.29) is 5.97 Å². The quantitative estimate of drug-likeness (QED) is 0.830. The Morgan fingerprint density at radius 2 is 2.13 bits per heavy atom. The number of hydrogen-bond donors (Lipinski definition) is 1. The van der Waals surface area contributed by atoms with E-state index in [2.05, 4.69) is 20.2 Å². The van der Waals surface area contributed by atoms with Crippen LogP contribution in [0.4, 0.5) is 11.8 Å². The first-order valence-electron chi connectivity index (χ1n) is 8.41. The van der Waals surface area contributed by atoms with Crippen molar-refractivity contribution in [2.24, 2.45) is 0 Å². The molecule has 1 N–H and O–H groups in total. The Labute approximate surface area is 136 Å². The predicted molar refractivity (Wildman–Crippen MR) is 86.9 cm³/mol. The van der Waals surface area contributed by atoms with E-state index < -0.39 is 0 Å². The Morgan fingerprint density at radius 3 is 2.83 bits per heavy atom. The second kappa shape index (κ2) is 7.59. The minimum atomic E-state index is -0.374. The molecule has 1 aromatic heterocycles. The van der Waals surface area contributed by atoms with E-state index in [1.54, 1.807) is 13.1 Å². The largest absolute Gasteiger partial charge is 0.462 e. The van der Waals surface area contributed by atoms with Crippen molar-refractivity contribution >= 4 is 17.7 Å². The normalized spacial score (nSPS) is 18.9. The van der Waals surface area contributed by atoms with Crippen LogP contribution in [0.5, 0.6) is 0 Å². The number of hydrogen-bond acceptors (Lipinski definition) is 7. The molecule has 7 nitrogen and oxygen atoms in total. The third-order valence-corrected chi connectivity index (χ3v) is 4.26. The monoisotopic (exact) mass is 320 g/mol. The molecule has 0 aromatic carbocycles. The highest BCUT2D eigenvalue weighted by molar-refractivity contribution is 5.94. The summed E-state index contributed by atoms with van der Waals surface area (Å²) >= 11 is 0. The van der Waals surface area contributed by atoms with Crippen LogP contribution in [0.1, 0.15) is 43.0 Å². The zero-order valence-corrected chi connectivity index (χ0v) is 13.6. The van der Waals surface area contributed by atoms with Crippen molar-refractivity contribution in [3.05, 3.63) is 11.8 Å². The number of ether oxygens (including phenoxy) is 2. The SMILES string of the molecule is CCOC(=O)c1cnc(N2CCOCC2)nc1NC1CCCC1. The van der Waals surface area contributed by atoms with Crippen molar-refractivity contribution in [1.82, 2.24) is 9.97 Å². The molecule has 1 saturated heterocycles. The van der Waals surface area contributed by atoms with Crippen LogP contribution < -0.4 is 10.2 Å². The summed E-state index contributed by atoms with van der Waals surface area (Å²) in [6, 6.07) is 0.371.